The number of hydrazine groups is 1. The van der Waals surface area contributed by atoms with Gasteiger partial charge in [-0.15, -0.1) is 0 Å². The van der Waals surface area contributed by atoms with E-state index in [-0.39, 0.29) is 11.7 Å². The van der Waals surface area contributed by atoms with Crippen molar-refractivity contribution in [2.24, 2.45) is 11.8 Å². The molecule has 0 aliphatic heterocycles. The molecule has 0 saturated carbocycles. The van der Waals surface area contributed by atoms with Crippen molar-refractivity contribution in [3.63, 3.8) is 0 Å². The molecule has 1 rings (SSSR count). The fraction of sp³-hybridized carbons (Fsp3) is 0.643. The second kappa shape index (κ2) is 7.78. The van der Waals surface area contributed by atoms with Crippen LogP contribution >= 0.6 is 0 Å². The second-order valence-electron chi connectivity index (χ2n) is 5.46. The Morgan fingerprint density at radius 2 is 2.00 bits per heavy atom. The van der Waals surface area contributed by atoms with Crippen molar-refractivity contribution < 1.29 is 4.92 Å². The number of nitro groups is 1. The summed E-state index contributed by atoms with van der Waals surface area (Å²) in [5.41, 5.74) is 2.47. The first-order valence-electron chi connectivity index (χ1n) is 7.33. The Morgan fingerprint density at radius 1 is 1.38 bits per heavy atom. The van der Waals surface area contributed by atoms with E-state index in [9.17, 15) is 10.1 Å². The summed E-state index contributed by atoms with van der Waals surface area (Å²) in [5.74, 6) is 6.58. The van der Waals surface area contributed by atoms with E-state index in [0.29, 0.717) is 24.1 Å². The normalized spacial score (nSPS) is 11.0. The average molecular weight is 295 g/mol. The SMILES string of the molecule is CCC(CC)N(CC(C)C)c1nc(NN)ccc1[N+](=O)[O-]. The number of aromatic nitrogens is 1. The van der Waals surface area contributed by atoms with Crippen LogP contribution in [0.4, 0.5) is 17.3 Å². The highest BCUT2D eigenvalue weighted by atomic mass is 16.6. The van der Waals surface area contributed by atoms with Gasteiger partial charge in [0.25, 0.3) is 0 Å². The van der Waals surface area contributed by atoms with Gasteiger partial charge in [-0.25, -0.2) is 10.8 Å². The zero-order valence-corrected chi connectivity index (χ0v) is 13.2. The van der Waals surface area contributed by atoms with Crippen LogP contribution in [0.1, 0.15) is 40.5 Å². The Labute approximate surface area is 125 Å². The summed E-state index contributed by atoms with van der Waals surface area (Å²) in [6, 6.07) is 3.18. The van der Waals surface area contributed by atoms with Gasteiger partial charge in [0, 0.05) is 18.7 Å². The highest BCUT2D eigenvalue weighted by molar-refractivity contribution is 5.62. The summed E-state index contributed by atoms with van der Waals surface area (Å²) in [7, 11) is 0. The lowest BCUT2D eigenvalue weighted by Gasteiger charge is -2.32. The van der Waals surface area contributed by atoms with E-state index >= 15 is 0 Å². The van der Waals surface area contributed by atoms with Crippen molar-refractivity contribution in [2.45, 2.75) is 46.6 Å². The van der Waals surface area contributed by atoms with Crippen LogP contribution in [-0.4, -0.2) is 22.5 Å². The van der Waals surface area contributed by atoms with E-state index < -0.39 is 4.92 Å². The molecule has 21 heavy (non-hydrogen) atoms. The first-order chi connectivity index (χ1) is 9.94. The fourth-order valence-electron chi connectivity index (χ4n) is 2.41. The largest absolute Gasteiger partial charge is 0.348 e. The van der Waals surface area contributed by atoms with Crippen LogP contribution in [0.3, 0.4) is 0 Å². The molecule has 0 aliphatic rings. The van der Waals surface area contributed by atoms with Crippen LogP contribution in [0.15, 0.2) is 12.1 Å². The molecule has 0 aliphatic carbocycles. The Kier molecular flexibility index (Phi) is 6.36. The molecular formula is C14H25N5O2. The van der Waals surface area contributed by atoms with Crippen molar-refractivity contribution >= 4 is 17.3 Å². The van der Waals surface area contributed by atoms with Gasteiger partial charge in [-0.1, -0.05) is 27.7 Å². The molecule has 1 heterocycles. The first kappa shape index (κ1) is 17.2. The van der Waals surface area contributed by atoms with E-state index in [1.54, 1.807) is 0 Å². The Balaban J connectivity index is 3.35. The molecule has 0 fully saturated rings. The van der Waals surface area contributed by atoms with Gasteiger partial charge in [0.15, 0.2) is 0 Å². The number of nitrogens with zero attached hydrogens (tertiary/aromatic N) is 3. The standard InChI is InChI=1S/C14H25N5O2/c1-5-11(6-2)18(9-10(3)4)14-12(19(20)21)7-8-13(16-14)17-15/h7-8,10-11H,5-6,9,15H2,1-4H3,(H,16,17). The average Bonchev–Trinajstić information content (AvgIpc) is 2.46. The van der Waals surface area contributed by atoms with Gasteiger partial charge >= 0.3 is 5.69 Å². The number of nitrogens with two attached hydrogens (primary N) is 1. The summed E-state index contributed by atoms with van der Waals surface area (Å²) in [5, 5.41) is 11.3. The minimum absolute atomic E-state index is 0.0153. The molecule has 0 radical (unpaired) electrons. The van der Waals surface area contributed by atoms with E-state index in [2.05, 4.69) is 38.1 Å². The van der Waals surface area contributed by atoms with Gasteiger partial charge < -0.3 is 10.3 Å². The molecule has 118 valence electrons. The lowest BCUT2D eigenvalue weighted by atomic mass is 10.1. The maximum absolute atomic E-state index is 11.3. The second-order valence-corrected chi connectivity index (χ2v) is 5.46. The molecule has 7 heteroatoms. The van der Waals surface area contributed by atoms with Crippen LogP contribution in [0.25, 0.3) is 0 Å². The topological polar surface area (TPSA) is 97.3 Å². The van der Waals surface area contributed by atoms with Gasteiger partial charge in [0.1, 0.15) is 5.82 Å². The molecule has 0 bridgehead atoms. The third kappa shape index (κ3) is 4.29. The molecular weight excluding hydrogens is 270 g/mol. The third-order valence-electron chi connectivity index (χ3n) is 3.42. The maximum atomic E-state index is 11.3. The first-order valence-corrected chi connectivity index (χ1v) is 7.33. The van der Waals surface area contributed by atoms with Crippen LogP contribution in [0, 0.1) is 16.0 Å². The molecule has 0 aromatic carbocycles. The van der Waals surface area contributed by atoms with E-state index in [1.165, 1.54) is 12.1 Å². The number of anilines is 2. The van der Waals surface area contributed by atoms with Crippen molar-refractivity contribution in [3.8, 4) is 0 Å². The van der Waals surface area contributed by atoms with Gasteiger partial charge in [0.05, 0.1) is 4.92 Å². The van der Waals surface area contributed by atoms with Crippen LogP contribution in [0.2, 0.25) is 0 Å². The number of nitrogens with one attached hydrogen (secondary N) is 1. The van der Waals surface area contributed by atoms with Crippen LogP contribution in [-0.2, 0) is 0 Å². The third-order valence-corrected chi connectivity index (χ3v) is 3.42. The number of rotatable bonds is 8. The highest BCUT2D eigenvalue weighted by Crippen LogP contribution is 2.31. The van der Waals surface area contributed by atoms with Crippen LogP contribution in [0.5, 0.6) is 0 Å². The van der Waals surface area contributed by atoms with Crippen molar-refractivity contribution in [3.05, 3.63) is 22.2 Å². The van der Waals surface area contributed by atoms with E-state index in [0.717, 1.165) is 12.8 Å². The Hall–Kier alpha value is -1.89. The quantitative estimate of drug-likeness (QED) is 0.435. The maximum Gasteiger partial charge on any atom is 0.311 e. The van der Waals surface area contributed by atoms with Crippen LogP contribution < -0.4 is 16.2 Å². The summed E-state index contributed by atoms with van der Waals surface area (Å²) >= 11 is 0. The van der Waals surface area contributed by atoms with Crippen molar-refractivity contribution in [1.82, 2.24) is 4.98 Å². The molecule has 3 N–H and O–H groups in total. The lowest BCUT2D eigenvalue weighted by molar-refractivity contribution is -0.384. The summed E-state index contributed by atoms with van der Waals surface area (Å²) in [4.78, 5) is 17.3. The molecule has 7 nitrogen and oxygen atoms in total. The predicted octanol–water partition coefficient (Wildman–Crippen LogP) is 2.93. The van der Waals surface area contributed by atoms with Gasteiger partial charge in [-0.05, 0) is 24.8 Å². The van der Waals surface area contributed by atoms with E-state index in [1.807, 2.05) is 4.90 Å². The number of hydrogen-bond donors (Lipinski definition) is 2. The van der Waals surface area contributed by atoms with Crippen molar-refractivity contribution in [2.75, 3.05) is 16.9 Å². The minimum atomic E-state index is -0.391. The predicted molar refractivity (Wildman–Crippen MR) is 85.3 cm³/mol. The molecule has 0 spiro atoms. The molecule has 1 aromatic heterocycles. The Bertz CT molecular complexity index is 474. The summed E-state index contributed by atoms with van der Waals surface area (Å²) < 4.78 is 0. The molecule has 0 amide bonds. The minimum Gasteiger partial charge on any atom is -0.348 e. The Morgan fingerprint density at radius 3 is 2.43 bits per heavy atom. The van der Waals surface area contributed by atoms with Gasteiger partial charge in [-0.2, -0.15) is 0 Å². The fourth-order valence-corrected chi connectivity index (χ4v) is 2.41. The summed E-state index contributed by atoms with van der Waals surface area (Å²) in [6.45, 7) is 9.06. The number of nitrogen functional groups attached to an aromatic ring is 1. The monoisotopic (exact) mass is 295 g/mol. The number of pyridine rings is 1. The molecule has 0 saturated heterocycles. The number of hydrogen-bond acceptors (Lipinski definition) is 6. The molecule has 0 unspecified atom stereocenters. The molecule has 0 atom stereocenters. The van der Waals surface area contributed by atoms with Gasteiger partial charge in [0.2, 0.25) is 5.82 Å². The van der Waals surface area contributed by atoms with Crippen molar-refractivity contribution in [1.29, 1.82) is 0 Å². The van der Waals surface area contributed by atoms with Gasteiger partial charge in [-0.3, -0.25) is 10.1 Å². The molecule has 1 aromatic rings. The smallest absolute Gasteiger partial charge is 0.311 e. The zero-order valence-electron chi connectivity index (χ0n) is 13.2. The summed E-state index contributed by atoms with van der Waals surface area (Å²) in [6.07, 6.45) is 1.81. The lowest BCUT2D eigenvalue weighted by Crippen LogP contribution is -2.38. The van der Waals surface area contributed by atoms with E-state index in [4.69, 9.17) is 5.84 Å². The highest BCUT2D eigenvalue weighted by Gasteiger charge is 2.26. The zero-order chi connectivity index (χ0) is 16.0.